The summed E-state index contributed by atoms with van der Waals surface area (Å²) in [5.74, 6) is 0. The molecule has 1 aliphatic rings. The van der Waals surface area contributed by atoms with E-state index < -0.39 is 0 Å². The average Bonchev–Trinajstić information content (AvgIpc) is 3.23. The van der Waals surface area contributed by atoms with Crippen LogP contribution in [0.25, 0.3) is 10.9 Å². The number of hydrogen-bond donors (Lipinski definition) is 1. The average molecular weight is 337 g/mol. The van der Waals surface area contributed by atoms with E-state index in [9.17, 15) is 0 Å². The van der Waals surface area contributed by atoms with Crippen LogP contribution in [0.4, 0.5) is 11.4 Å². The molecule has 1 N–H and O–H groups in total. The van der Waals surface area contributed by atoms with Gasteiger partial charge in [-0.3, -0.25) is 4.98 Å². The summed E-state index contributed by atoms with van der Waals surface area (Å²) in [7, 11) is 0. The zero-order valence-corrected chi connectivity index (χ0v) is 15.1. The molecule has 0 bridgehead atoms. The summed E-state index contributed by atoms with van der Waals surface area (Å²) >= 11 is 1.81. The monoisotopic (exact) mass is 337 g/mol. The molecule has 4 heteroatoms. The molecule has 24 heavy (non-hydrogen) atoms. The van der Waals surface area contributed by atoms with E-state index in [1.807, 2.05) is 11.3 Å². The summed E-state index contributed by atoms with van der Waals surface area (Å²) in [6.45, 7) is 7.46. The van der Waals surface area contributed by atoms with Crippen molar-refractivity contribution < 1.29 is 0 Å². The molecule has 0 atom stereocenters. The quantitative estimate of drug-likeness (QED) is 0.716. The minimum absolute atomic E-state index is 0.875. The highest BCUT2D eigenvalue weighted by atomic mass is 32.1. The Morgan fingerprint density at radius 1 is 1.12 bits per heavy atom. The van der Waals surface area contributed by atoms with Crippen molar-refractivity contribution in [1.29, 1.82) is 0 Å². The Hall–Kier alpha value is -2.07. The second-order valence-electron chi connectivity index (χ2n) is 6.59. The highest BCUT2D eigenvalue weighted by Gasteiger charge is 2.16. The molecule has 3 heterocycles. The Labute approximate surface area is 147 Å². The van der Waals surface area contributed by atoms with E-state index in [1.54, 1.807) is 0 Å². The number of aryl methyl sites for hydroxylation is 2. The number of fused-ring (bicyclic) bond motifs is 1. The van der Waals surface area contributed by atoms with Crippen molar-refractivity contribution in [1.82, 2.24) is 4.98 Å². The van der Waals surface area contributed by atoms with Crippen LogP contribution in [0.3, 0.4) is 0 Å². The Balaban J connectivity index is 1.64. The lowest BCUT2D eigenvalue weighted by molar-refractivity contribution is 0.949. The van der Waals surface area contributed by atoms with Crippen LogP contribution in [-0.4, -0.2) is 18.1 Å². The topological polar surface area (TPSA) is 28.2 Å². The predicted octanol–water partition coefficient (Wildman–Crippen LogP) is 5.13. The molecule has 0 saturated carbocycles. The van der Waals surface area contributed by atoms with E-state index in [4.69, 9.17) is 4.98 Å². The smallest absolute Gasteiger partial charge is 0.0746 e. The largest absolute Gasteiger partial charge is 0.380 e. The molecule has 3 nitrogen and oxygen atoms in total. The molecule has 1 aliphatic heterocycles. The zero-order valence-electron chi connectivity index (χ0n) is 14.3. The number of anilines is 2. The van der Waals surface area contributed by atoms with Crippen molar-refractivity contribution in [3.8, 4) is 0 Å². The van der Waals surface area contributed by atoms with Gasteiger partial charge in [0.15, 0.2) is 0 Å². The van der Waals surface area contributed by atoms with E-state index in [0.717, 1.165) is 36.5 Å². The Morgan fingerprint density at radius 3 is 2.71 bits per heavy atom. The maximum absolute atomic E-state index is 4.77. The van der Waals surface area contributed by atoms with Gasteiger partial charge in [0.1, 0.15) is 0 Å². The minimum atomic E-state index is 0.875. The first-order chi connectivity index (χ1) is 11.7. The third kappa shape index (κ3) is 2.98. The van der Waals surface area contributed by atoms with Gasteiger partial charge < -0.3 is 10.2 Å². The predicted molar refractivity (Wildman–Crippen MR) is 104 cm³/mol. The molecule has 124 valence electrons. The van der Waals surface area contributed by atoms with Crippen molar-refractivity contribution in [2.45, 2.75) is 33.2 Å². The van der Waals surface area contributed by atoms with E-state index in [2.05, 4.69) is 59.8 Å². The fourth-order valence-electron chi connectivity index (χ4n) is 3.44. The van der Waals surface area contributed by atoms with Gasteiger partial charge in [-0.25, -0.2) is 0 Å². The van der Waals surface area contributed by atoms with Crippen LogP contribution < -0.4 is 10.2 Å². The van der Waals surface area contributed by atoms with Crippen LogP contribution in [0.2, 0.25) is 0 Å². The van der Waals surface area contributed by atoms with Gasteiger partial charge in [0.2, 0.25) is 0 Å². The van der Waals surface area contributed by atoms with Crippen molar-refractivity contribution in [3.63, 3.8) is 0 Å². The number of thiophene rings is 1. The molecular formula is C20H23N3S. The first kappa shape index (κ1) is 15.5. The van der Waals surface area contributed by atoms with Gasteiger partial charge in [0.05, 0.1) is 5.52 Å². The molecule has 1 aromatic carbocycles. The molecule has 0 spiro atoms. The number of aromatic nitrogens is 1. The van der Waals surface area contributed by atoms with Gasteiger partial charge in [0.25, 0.3) is 0 Å². The highest BCUT2D eigenvalue weighted by Crippen LogP contribution is 2.31. The first-order valence-electron chi connectivity index (χ1n) is 8.64. The summed E-state index contributed by atoms with van der Waals surface area (Å²) in [4.78, 5) is 8.66. The van der Waals surface area contributed by atoms with Crippen LogP contribution in [0.1, 0.15) is 29.0 Å². The number of nitrogens with zero attached hydrogens (tertiary/aromatic N) is 2. The molecular weight excluding hydrogens is 314 g/mol. The van der Waals surface area contributed by atoms with E-state index in [-0.39, 0.29) is 0 Å². The molecule has 0 radical (unpaired) electrons. The van der Waals surface area contributed by atoms with Gasteiger partial charge in [0, 0.05) is 47.0 Å². The number of benzene rings is 1. The first-order valence-corrected chi connectivity index (χ1v) is 9.52. The van der Waals surface area contributed by atoms with Crippen LogP contribution >= 0.6 is 11.3 Å². The van der Waals surface area contributed by atoms with Crippen LogP contribution in [-0.2, 0) is 6.54 Å². The molecule has 3 aromatic rings. The maximum Gasteiger partial charge on any atom is 0.0746 e. The lowest BCUT2D eigenvalue weighted by atomic mass is 10.1. The zero-order chi connectivity index (χ0) is 16.5. The number of pyridine rings is 1. The van der Waals surface area contributed by atoms with Gasteiger partial charge in [-0.1, -0.05) is 0 Å². The summed E-state index contributed by atoms with van der Waals surface area (Å²) in [6, 6.07) is 11.0. The second kappa shape index (κ2) is 6.44. The van der Waals surface area contributed by atoms with Crippen molar-refractivity contribution in [2.75, 3.05) is 23.3 Å². The molecule has 4 rings (SSSR count). The van der Waals surface area contributed by atoms with Gasteiger partial charge in [-0.15, -0.1) is 11.3 Å². The van der Waals surface area contributed by atoms with Gasteiger partial charge in [-0.05, 0) is 68.0 Å². The minimum Gasteiger partial charge on any atom is -0.380 e. The summed E-state index contributed by atoms with van der Waals surface area (Å²) in [6.07, 6.45) is 2.59. The number of hydrogen-bond acceptors (Lipinski definition) is 4. The third-order valence-electron chi connectivity index (χ3n) is 4.78. The molecule has 1 saturated heterocycles. The van der Waals surface area contributed by atoms with E-state index in [1.165, 1.54) is 34.4 Å². The second-order valence-corrected chi connectivity index (χ2v) is 7.59. The van der Waals surface area contributed by atoms with Gasteiger partial charge >= 0.3 is 0 Å². The normalized spacial score (nSPS) is 14.5. The van der Waals surface area contributed by atoms with Gasteiger partial charge in [-0.2, -0.15) is 0 Å². The molecule has 0 amide bonds. The maximum atomic E-state index is 4.77. The molecule has 1 fully saturated rings. The summed E-state index contributed by atoms with van der Waals surface area (Å²) < 4.78 is 0. The lowest BCUT2D eigenvalue weighted by Gasteiger charge is -2.20. The summed E-state index contributed by atoms with van der Waals surface area (Å²) in [5, 5.41) is 6.96. The lowest BCUT2D eigenvalue weighted by Crippen LogP contribution is -2.18. The van der Waals surface area contributed by atoms with Crippen LogP contribution in [0, 0.1) is 13.8 Å². The van der Waals surface area contributed by atoms with Crippen LogP contribution in [0.5, 0.6) is 0 Å². The van der Waals surface area contributed by atoms with Crippen LogP contribution in [0.15, 0.2) is 35.7 Å². The Kier molecular flexibility index (Phi) is 4.15. The fraction of sp³-hybridized carbons (Fsp3) is 0.350. The Morgan fingerprint density at radius 2 is 1.96 bits per heavy atom. The van der Waals surface area contributed by atoms with Crippen molar-refractivity contribution in [3.05, 3.63) is 51.8 Å². The summed E-state index contributed by atoms with van der Waals surface area (Å²) in [5.41, 5.74) is 6.02. The number of nitrogens with one attached hydrogen (secondary N) is 1. The fourth-order valence-corrected chi connectivity index (χ4v) is 4.28. The Bertz CT molecular complexity index is 862. The third-order valence-corrected chi connectivity index (χ3v) is 5.81. The van der Waals surface area contributed by atoms with Crippen molar-refractivity contribution >= 4 is 33.6 Å². The highest BCUT2D eigenvalue weighted by molar-refractivity contribution is 7.10. The standard InChI is InChI=1S/C20H23N3S/c1-14-7-10-24-20(14)13-21-16-5-6-17-18(12-16)22-15(2)11-19(17)23-8-3-4-9-23/h5-7,10-12,21H,3-4,8-9,13H2,1-2H3. The molecule has 2 aromatic heterocycles. The van der Waals surface area contributed by atoms with Crippen molar-refractivity contribution in [2.24, 2.45) is 0 Å². The number of rotatable bonds is 4. The molecule has 0 aliphatic carbocycles. The van der Waals surface area contributed by atoms with E-state index >= 15 is 0 Å². The van der Waals surface area contributed by atoms with E-state index in [0.29, 0.717) is 0 Å². The SMILES string of the molecule is Cc1cc(N2CCCC2)c2ccc(NCc3sccc3C)cc2n1. The molecule has 0 unspecified atom stereocenters.